The van der Waals surface area contributed by atoms with E-state index in [1.165, 1.54) is 6.33 Å². The molecule has 2 aromatic heterocycles. The number of rotatable bonds is 6. The molecular formula is C28H47N7O6Si2. The van der Waals surface area contributed by atoms with E-state index in [0.29, 0.717) is 16.6 Å². The molecular weight excluding hydrogens is 587 g/mol. The van der Waals surface area contributed by atoms with Crippen LogP contribution in [0.4, 0.5) is 10.6 Å². The molecule has 0 saturated carbocycles. The lowest BCUT2D eigenvalue weighted by Crippen LogP contribution is -2.66. The highest BCUT2D eigenvalue weighted by Gasteiger charge is 2.63. The van der Waals surface area contributed by atoms with Gasteiger partial charge in [-0.25, -0.2) is 14.8 Å². The highest BCUT2D eigenvalue weighted by molar-refractivity contribution is 6.84. The van der Waals surface area contributed by atoms with Crippen LogP contribution >= 0.6 is 0 Å². The number of H-pyrrole nitrogens is 1. The standard InChI is InChI=1S/C28H47N7O6Si2/c1-15(2)42(16(3)4)38-13-20-25(40-43(41-42,17(5)6)18(7)8)24(36)23(35(20)27(37)39-28(9,10)11)19-12-30-22-21(19)31-14-32-26(22)33-34-29/h12,14-18,20,23-25,30,36H,13H2,1-11H3. The van der Waals surface area contributed by atoms with Crippen molar-refractivity contribution < 1.29 is 27.6 Å². The van der Waals surface area contributed by atoms with Crippen molar-refractivity contribution in [2.24, 2.45) is 5.11 Å². The van der Waals surface area contributed by atoms with E-state index in [2.05, 4.69) is 80.4 Å². The molecule has 0 aliphatic carbocycles. The number of aromatic amines is 1. The number of fused-ring (bicyclic) bond motifs is 2. The van der Waals surface area contributed by atoms with E-state index in [1.54, 1.807) is 31.9 Å². The van der Waals surface area contributed by atoms with Gasteiger partial charge in [-0.2, -0.15) is 0 Å². The molecule has 4 rings (SSSR count). The molecule has 13 nitrogen and oxygen atoms in total. The largest absolute Gasteiger partial charge is 0.444 e. The van der Waals surface area contributed by atoms with Crippen LogP contribution in [0.5, 0.6) is 0 Å². The van der Waals surface area contributed by atoms with Crippen LogP contribution in [0.2, 0.25) is 22.2 Å². The number of aliphatic hydroxyl groups is 1. The summed E-state index contributed by atoms with van der Waals surface area (Å²) in [6.07, 6.45) is 0.370. The van der Waals surface area contributed by atoms with Gasteiger partial charge in [0.15, 0.2) is 5.82 Å². The number of aromatic nitrogens is 3. The lowest BCUT2D eigenvalue weighted by atomic mass is 10.0. The van der Waals surface area contributed by atoms with Crippen LogP contribution < -0.4 is 0 Å². The van der Waals surface area contributed by atoms with E-state index < -0.39 is 53.1 Å². The molecule has 1 amide bonds. The van der Waals surface area contributed by atoms with Gasteiger partial charge >= 0.3 is 23.2 Å². The quantitative estimate of drug-likeness (QED) is 0.150. The highest BCUT2D eigenvalue weighted by atomic mass is 28.5. The molecule has 2 aromatic rings. The third-order valence-corrected chi connectivity index (χ3v) is 18.8. The van der Waals surface area contributed by atoms with E-state index in [1.807, 2.05) is 0 Å². The SMILES string of the molecule is CC(C)[Si]1(C(C)C)OCC2C(O[Si](C(C)C)(C(C)C)O1)C(O)C(c1c[nH]c3c(N=[N+]=[N-])ncnc13)N2C(=O)OC(C)(C)C. The van der Waals surface area contributed by atoms with Gasteiger partial charge in [-0.3, -0.25) is 4.90 Å². The first-order chi connectivity index (χ1) is 20.0. The fourth-order valence-electron chi connectivity index (χ4n) is 6.59. The number of aliphatic hydroxyl groups excluding tert-OH is 1. The fourth-order valence-corrected chi connectivity index (χ4v) is 17.8. The molecule has 0 bridgehead atoms. The average molecular weight is 634 g/mol. The van der Waals surface area contributed by atoms with Crippen LogP contribution in [-0.4, -0.2) is 78.6 Å². The predicted octanol–water partition coefficient (Wildman–Crippen LogP) is 6.88. The van der Waals surface area contributed by atoms with Crippen LogP contribution in [0.3, 0.4) is 0 Å². The Labute approximate surface area is 255 Å². The number of amides is 1. The summed E-state index contributed by atoms with van der Waals surface area (Å²) >= 11 is 0. The molecule has 4 heterocycles. The number of likely N-dealkylation sites (tertiary alicyclic amines) is 1. The highest BCUT2D eigenvalue weighted by Crippen LogP contribution is 2.50. The van der Waals surface area contributed by atoms with E-state index in [4.69, 9.17) is 23.2 Å². The van der Waals surface area contributed by atoms with Crippen molar-refractivity contribution in [3.63, 3.8) is 0 Å². The predicted molar refractivity (Wildman–Crippen MR) is 167 cm³/mol. The number of azide groups is 1. The summed E-state index contributed by atoms with van der Waals surface area (Å²) in [5.74, 6) is 0.116. The van der Waals surface area contributed by atoms with Crippen LogP contribution in [-0.2, 0) is 17.7 Å². The zero-order valence-electron chi connectivity index (χ0n) is 27.2. The molecule has 4 atom stereocenters. The second-order valence-electron chi connectivity index (χ2n) is 13.8. The Morgan fingerprint density at radius 2 is 1.72 bits per heavy atom. The van der Waals surface area contributed by atoms with Crippen molar-refractivity contribution >= 4 is 40.1 Å². The Kier molecular flexibility index (Phi) is 9.39. The lowest BCUT2D eigenvalue weighted by molar-refractivity contribution is -0.0154. The zero-order chi connectivity index (χ0) is 32.1. The molecule has 2 aliphatic rings. The van der Waals surface area contributed by atoms with Gasteiger partial charge in [0.2, 0.25) is 0 Å². The molecule has 238 valence electrons. The van der Waals surface area contributed by atoms with E-state index in [-0.39, 0.29) is 34.6 Å². The molecule has 2 saturated heterocycles. The Bertz CT molecular complexity index is 1360. The number of nitrogens with zero attached hydrogens (tertiary/aromatic N) is 6. The summed E-state index contributed by atoms with van der Waals surface area (Å²) in [6, 6.07) is -1.58. The van der Waals surface area contributed by atoms with Crippen LogP contribution in [0.25, 0.3) is 21.5 Å². The Morgan fingerprint density at radius 3 is 2.26 bits per heavy atom. The van der Waals surface area contributed by atoms with Crippen molar-refractivity contribution in [3.05, 3.63) is 28.5 Å². The first-order valence-electron chi connectivity index (χ1n) is 15.1. The number of carbonyl (C=O) groups excluding carboxylic acids is 1. The number of ether oxygens (including phenoxy) is 1. The maximum absolute atomic E-state index is 14.1. The minimum Gasteiger partial charge on any atom is -0.444 e. The van der Waals surface area contributed by atoms with Gasteiger partial charge in [0.05, 0.1) is 35.8 Å². The van der Waals surface area contributed by atoms with Crippen LogP contribution in [0.1, 0.15) is 87.8 Å². The van der Waals surface area contributed by atoms with Crippen LogP contribution in [0.15, 0.2) is 17.6 Å². The molecule has 2 N–H and O–H groups in total. The Hall–Kier alpha value is -2.53. The van der Waals surface area contributed by atoms with Crippen LogP contribution in [0, 0.1) is 0 Å². The van der Waals surface area contributed by atoms with E-state index in [9.17, 15) is 9.90 Å². The smallest absolute Gasteiger partial charge is 0.411 e. The minimum atomic E-state index is -3.10. The summed E-state index contributed by atoms with van der Waals surface area (Å²) in [7, 11) is -6.02. The van der Waals surface area contributed by atoms with Crippen molar-refractivity contribution in [3.8, 4) is 0 Å². The third kappa shape index (κ3) is 5.83. The van der Waals surface area contributed by atoms with Gasteiger partial charge in [-0.1, -0.05) is 55.4 Å². The van der Waals surface area contributed by atoms with E-state index >= 15 is 0 Å². The molecule has 4 unspecified atom stereocenters. The van der Waals surface area contributed by atoms with Gasteiger partial charge in [0.1, 0.15) is 18.0 Å². The lowest BCUT2D eigenvalue weighted by Gasteiger charge is -2.51. The molecule has 0 radical (unpaired) electrons. The first kappa shape index (κ1) is 33.4. The maximum Gasteiger partial charge on any atom is 0.411 e. The van der Waals surface area contributed by atoms with Gasteiger partial charge in [0, 0.05) is 16.7 Å². The monoisotopic (exact) mass is 633 g/mol. The van der Waals surface area contributed by atoms with Crippen molar-refractivity contribution in [2.45, 2.75) is 128 Å². The Morgan fingerprint density at radius 1 is 1.12 bits per heavy atom. The number of nitrogens with one attached hydrogen (secondary N) is 1. The van der Waals surface area contributed by atoms with E-state index in [0.717, 1.165) is 0 Å². The third-order valence-electron chi connectivity index (χ3n) is 8.57. The maximum atomic E-state index is 14.1. The average Bonchev–Trinajstić information content (AvgIpc) is 3.41. The molecule has 15 heteroatoms. The van der Waals surface area contributed by atoms with Gasteiger partial charge < -0.3 is 27.8 Å². The number of carbonyl (C=O) groups is 1. The van der Waals surface area contributed by atoms with Gasteiger partial charge in [-0.05, 0) is 53.6 Å². The fraction of sp³-hybridized carbons (Fsp3) is 0.750. The van der Waals surface area contributed by atoms with Gasteiger partial charge in [0.25, 0.3) is 0 Å². The molecule has 0 spiro atoms. The summed E-state index contributed by atoms with van der Waals surface area (Å²) < 4.78 is 27.4. The number of hydrogen-bond donors (Lipinski definition) is 2. The summed E-state index contributed by atoms with van der Waals surface area (Å²) in [4.78, 5) is 30.1. The molecule has 0 aromatic carbocycles. The summed E-state index contributed by atoms with van der Waals surface area (Å²) in [6.45, 7) is 22.5. The first-order valence-corrected chi connectivity index (χ1v) is 19.0. The van der Waals surface area contributed by atoms with Crippen molar-refractivity contribution in [1.29, 1.82) is 0 Å². The summed E-state index contributed by atoms with van der Waals surface area (Å²) in [5.41, 5.74) is 9.90. The second kappa shape index (κ2) is 12.1. The zero-order valence-corrected chi connectivity index (χ0v) is 29.2. The summed E-state index contributed by atoms with van der Waals surface area (Å²) in [5, 5.41) is 15.9. The van der Waals surface area contributed by atoms with Crippen molar-refractivity contribution in [1.82, 2.24) is 19.9 Å². The normalized spacial score (nSPS) is 25.6. The Balaban J connectivity index is 1.95. The molecule has 2 fully saturated rings. The number of hydrogen-bond acceptors (Lipinski definition) is 9. The topological polar surface area (TPSA) is 168 Å². The van der Waals surface area contributed by atoms with Crippen molar-refractivity contribution in [2.75, 3.05) is 6.61 Å². The second-order valence-corrected chi connectivity index (χ2v) is 22.6. The van der Waals surface area contributed by atoms with Gasteiger partial charge in [-0.15, -0.1) is 0 Å². The minimum absolute atomic E-state index is 0.0349. The molecule has 2 aliphatic heterocycles. The molecule has 43 heavy (non-hydrogen) atoms.